The summed E-state index contributed by atoms with van der Waals surface area (Å²) >= 11 is 0. The number of fused-ring (bicyclic) bond motifs is 2. The number of pyridine rings is 1. The van der Waals surface area contributed by atoms with Gasteiger partial charge in [0.05, 0.1) is 11.0 Å². The molecule has 4 aromatic rings. The first-order valence-electron chi connectivity index (χ1n) is 9.56. The average molecular weight is 421 g/mol. The number of hydrogen-bond donors (Lipinski definition) is 0. The standard InChI is InChI=1S/C24H17F2NO4/c1-14(23(29)15-10-11-18(25)19(26)12-15)31-22(28)13-27-20-8-4-2-6-16(20)24(30)17-7-3-5-9-21(17)27/h2-12,14H,13H2,1H3. The predicted molar refractivity (Wildman–Crippen MR) is 112 cm³/mol. The minimum atomic E-state index is -1.20. The lowest BCUT2D eigenvalue weighted by Crippen LogP contribution is -2.27. The van der Waals surface area contributed by atoms with Gasteiger partial charge in [-0.3, -0.25) is 14.4 Å². The van der Waals surface area contributed by atoms with E-state index in [-0.39, 0.29) is 17.5 Å². The van der Waals surface area contributed by atoms with Gasteiger partial charge >= 0.3 is 5.97 Å². The number of carbonyl (C=O) groups excluding carboxylic acids is 2. The Labute approximate surface area is 175 Å². The van der Waals surface area contributed by atoms with E-state index in [0.717, 1.165) is 18.2 Å². The number of rotatable bonds is 5. The highest BCUT2D eigenvalue weighted by molar-refractivity contribution is 6.00. The summed E-state index contributed by atoms with van der Waals surface area (Å²) in [5.41, 5.74) is 0.877. The number of benzene rings is 3. The number of esters is 1. The molecule has 1 unspecified atom stereocenters. The molecular formula is C24H17F2NO4. The molecule has 1 heterocycles. The van der Waals surface area contributed by atoms with Crippen molar-refractivity contribution in [3.8, 4) is 0 Å². The Bertz CT molecular complexity index is 1330. The quantitative estimate of drug-likeness (QED) is 0.275. The van der Waals surface area contributed by atoms with E-state index < -0.39 is 29.5 Å². The number of nitrogens with zero attached hydrogens (tertiary/aromatic N) is 1. The van der Waals surface area contributed by atoms with Gasteiger partial charge in [-0.25, -0.2) is 8.78 Å². The maximum absolute atomic E-state index is 13.4. The smallest absolute Gasteiger partial charge is 0.326 e. The summed E-state index contributed by atoms with van der Waals surface area (Å²) in [5, 5.41) is 0.917. The minimum Gasteiger partial charge on any atom is -0.453 e. The van der Waals surface area contributed by atoms with Crippen LogP contribution in [0.1, 0.15) is 17.3 Å². The van der Waals surface area contributed by atoms with Crippen molar-refractivity contribution in [2.45, 2.75) is 19.6 Å². The lowest BCUT2D eigenvalue weighted by Gasteiger charge is -2.17. The molecule has 3 aromatic carbocycles. The molecule has 5 nitrogen and oxygen atoms in total. The van der Waals surface area contributed by atoms with Crippen molar-refractivity contribution in [1.82, 2.24) is 4.57 Å². The zero-order valence-corrected chi connectivity index (χ0v) is 16.5. The van der Waals surface area contributed by atoms with Crippen molar-refractivity contribution in [1.29, 1.82) is 0 Å². The molecule has 31 heavy (non-hydrogen) atoms. The largest absolute Gasteiger partial charge is 0.453 e. The van der Waals surface area contributed by atoms with Gasteiger partial charge in [-0.2, -0.15) is 0 Å². The van der Waals surface area contributed by atoms with Gasteiger partial charge in [-0.1, -0.05) is 24.3 Å². The maximum atomic E-state index is 13.4. The summed E-state index contributed by atoms with van der Waals surface area (Å²) in [4.78, 5) is 37.9. The second-order valence-corrected chi connectivity index (χ2v) is 7.07. The van der Waals surface area contributed by atoms with E-state index in [4.69, 9.17) is 4.74 Å². The summed E-state index contributed by atoms with van der Waals surface area (Å²) in [7, 11) is 0. The molecule has 1 atom stereocenters. The molecule has 0 N–H and O–H groups in total. The van der Waals surface area contributed by atoms with Crippen molar-refractivity contribution in [2.24, 2.45) is 0 Å². The van der Waals surface area contributed by atoms with Crippen LogP contribution in [0, 0.1) is 11.6 Å². The van der Waals surface area contributed by atoms with Crippen LogP contribution in [0.25, 0.3) is 21.8 Å². The van der Waals surface area contributed by atoms with E-state index in [1.165, 1.54) is 6.92 Å². The number of ether oxygens (including phenoxy) is 1. The fourth-order valence-corrected chi connectivity index (χ4v) is 3.55. The van der Waals surface area contributed by atoms with Gasteiger partial charge in [-0.15, -0.1) is 0 Å². The Morgan fingerprint density at radius 3 is 2.06 bits per heavy atom. The molecule has 0 amide bonds. The van der Waals surface area contributed by atoms with Crippen molar-refractivity contribution >= 4 is 33.6 Å². The molecule has 0 aliphatic heterocycles. The van der Waals surface area contributed by atoms with Gasteiger partial charge < -0.3 is 9.30 Å². The summed E-state index contributed by atoms with van der Waals surface area (Å²) in [6.45, 7) is 1.12. The van der Waals surface area contributed by atoms with Crippen LogP contribution in [0.15, 0.2) is 71.5 Å². The van der Waals surface area contributed by atoms with Gasteiger partial charge in [0, 0.05) is 16.3 Å². The van der Waals surface area contributed by atoms with Crippen LogP contribution < -0.4 is 5.43 Å². The van der Waals surface area contributed by atoms with Crippen LogP contribution in [0.2, 0.25) is 0 Å². The Morgan fingerprint density at radius 2 is 1.48 bits per heavy atom. The first-order valence-corrected chi connectivity index (χ1v) is 9.56. The first-order chi connectivity index (χ1) is 14.9. The molecule has 0 saturated carbocycles. The van der Waals surface area contributed by atoms with E-state index >= 15 is 0 Å². The normalized spacial score (nSPS) is 12.1. The molecule has 156 valence electrons. The SMILES string of the molecule is CC(OC(=O)Cn1c2ccccc2c(=O)c2ccccc21)C(=O)c1ccc(F)c(F)c1. The van der Waals surface area contributed by atoms with Crippen LogP contribution in [0.5, 0.6) is 0 Å². The molecule has 0 radical (unpaired) electrons. The number of para-hydroxylation sites is 2. The van der Waals surface area contributed by atoms with Crippen LogP contribution >= 0.6 is 0 Å². The van der Waals surface area contributed by atoms with Crippen LogP contribution in [0.4, 0.5) is 8.78 Å². The van der Waals surface area contributed by atoms with E-state index in [0.29, 0.717) is 21.8 Å². The average Bonchev–Trinajstić information content (AvgIpc) is 2.78. The zero-order chi connectivity index (χ0) is 22.1. The lowest BCUT2D eigenvalue weighted by molar-refractivity contribution is -0.146. The van der Waals surface area contributed by atoms with Gasteiger partial charge in [-0.05, 0) is 49.4 Å². The Hall–Kier alpha value is -3.87. The van der Waals surface area contributed by atoms with Crippen molar-refractivity contribution in [3.05, 3.63) is 94.2 Å². The van der Waals surface area contributed by atoms with E-state index in [1.54, 1.807) is 53.1 Å². The van der Waals surface area contributed by atoms with E-state index in [9.17, 15) is 23.2 Å². The number of Topliss-reactive ketones (excluding diaryl/α,β-unsaturated/α-hetero) is 1. The third kappa shape index (κ3) is 3.82. The highest BCUT2D eigenvalue weighted by Gasteiger charge is 2.22. The van der Waals surface area contributed by atoms with Crippen LogP contribution in [-0.4, -0.2) is 22.4 Å². The minimum absolute atomic E-state index is 0.0986. The van der Waals surface area contributed by atoms with Crippen molar-refractivity contribution < 1.29 is 23.1 Å². The number of carbonyl (C=O) groups is 2. The number of aromatic nitrogens is 1. The first kappa shape index (κ1) is 20.4. The molecule has 0 saturated heterocycles. The molecule has 0 aliphatic carbocycles. The van der Waals surface area contributed by atoms with Gasteiger partial charge in [0.1, 0.15) is 6.54 Å². The number of hydrogen-bond acceptors (Lipinski definition) is 4. The predicted octanol–water partition coefficient (Wildman–Crippen LogP) is 4.25. The van der Waals surface area contributed by atoms with E-state index in [2.05, 4.69) is 0 Å². The third-order valence-electron chi connectivity index (χ3n) is 5.05. The van der Waals surface area contributed by atoms with Gasteiger partial charge in [0.15, 0.2) is 23.2 Å². The van der Waals surface area contributed by atoms with Gasteiger partial charge in [0.2, 0.25) is 5.78 Å². The topological polar surface area (TPSA) is 65.4 Å². The Kier molecular flexibility index (Phi) is 5.33. The highest BCUT2D eigenvalue weighted by atomic mass is 19.2. The molecule has 1 aromatic heterocycles. The molecule has 7 heteroatoms. The Morgan fingerprint density at radius 1 is 0.903 bits per heavy atom. The Balaban J connectivity index is 1.64. The third-order valence-corrected chi connectivity index (χ3v) is 5.05. The fourth-order valence-electron chi connectivity index (χ4n) is 3.55. The molecule has 0 bridgehead atoms. The van der Waals surface area contributed by atoms with Crippen molar-refractivity contribution in [2.75, 3.05) is 0 Å². The second kappa shape index (κ2) is 8.10. The van der Waals surface area contributed by atoms with Crippen molar-refractivity contribution in [3.63, 3.8) is 0 Å². The summed E-state index contributed by atoms with van der Waals surface area (Å²) in [6.07, 6.45) is -1.20. The van der Waals surface area contributed by atoms with Crippen LogP contribution in [-0.2, 0) is 16.1 Å². The number of ketones is 1. The van der Waals surface area contributed by atoms with Gasteiger partial charge in [0.25, 0.3) is 0 Å². The second-order valence-electron chi connectivity index (χ2n) is 7.07. The summed E-state index contributed by atoms with van der Waals surface area (Å²) in [5.74, 6) is -3.59. The highest BCUT2D eigenvalue weighted by Crippen LogP contribution is 2.19. The molecule has 0 spiro atoms. The molecule has 0 fully saturated rings. The van der Waals surface area contributed by atoms with E-state index in [1.807, 2.05) is 0 Å². The maximum Gasteiger partial charge on any atom is 0.326 e. The fraction of sp³-hybridized carbons (Fsp3) is 0.125. The lowest BCUT2D eigenvalue weighted by atomic mass is 10.1. The summed E-state index contributed by atoms with van der Waals surface area (Å²) < 4.78 is 33.4. The summed E-state index contributed by atoms with van der Waals surface area (Å²) in [6, 6.07) is 16.6. The zero-order valence-electron chi connectivity index (χ0n) is 16.5. The molecule has 0 aliphatic rings. The monoisotopic (exact) mass is 421 g/mol. The van der Waals surface area contributed by atoms with Crippen LogP contribution in [0.3, 0.4) is 0 Å². The molecule has 4 rings (SSSR count). The molecular weight excluding hydrogens is 404 g/mol. The number of halogens is 2.